The second-order valence-corrected chi connectivity index (χ2v) is 11.0. The van der Waals surface area contributed by atoms with Crippen LogP contribution in [0.2, 0.25) is 0 Å². The smallest absolute Gasteiger partial charge is 0.408 e. The van der Waals surface area contributed by atoms with Gasteiger partial charge in [0.05, 0.1) is 0 Å². The highest BCUT2D eigenvalue weighted by Crippen LogP contribution is 2.33. The first-order valence-corrected chi connectivity index (χ1v) is 12.5. The maximum atomic E-state index is 14.0. The minimum Gasteiger partial charge on any atom is -0.444 e. The number of nitrogens with one attached hydrogen (secondary N) is 2. The largest absolute Gasteiger partial charge is 0.444 e. The molecule has 1 aromatic rings. The van der Waals surface area contributed by atoms with Gasteiger partial charge in [-0.25, -0.2) is 4.79 Å². The van der Waals surface area contributed by atoms with Crippen molar-refractivity contribution in [3.63, 3.8) is 0 Å². The maximum absolute atomic E-state index is 14.0. The molecular weight excluding hydrogens is 450 g/mol. The van der Waals surface area contributed by atoms with Gasteiger partial charge in [-0.15, -0.1) is 0 Å². The van der Waals surface area contributed by atoms with E-state index >= 15 is 0 Å². The number of thiol groups is 1. The summed E-state index contributed by atoms with van der Waals surface area (Å²) in [6, 6.07) is 3.83. The van der Waals surface area contributed by atoms with Gasteiger partial charge < -0.3 is 20.3 Å². The van der Waals surface area contributed by atoms with E-state index in [1.165, 1.54) is 0 Å². The summed E-state index contributed by atoms with van der Waals surface area (Å²) in [5, 5.41) is 5.62. The van der Waals surface area contributed by atoms with Gasteiger partial charge in [0.15, 0.2) is 0 Å². The fraction of sp³-hybridized carbons (Fsp3) is 0.654. The molecule has 0 aliphatic rings. The number of ether oxygens (including phenoxy) is 1. The van der Waals surface area contributed by atoms with Crippen LogP contribution in [0.5, 0.6) is 0 Å². The number of carbonyl (C=O) groups is 3. The topological polar surface area (TPSA) is 87.7 Å². The summed E-state index contributed by atoms with van der Waals surface area (Å²) in [5.74, 6) is -0.613. The molecule has 2 atom stereocenters. The first kappa shape index (κ1) is 29.8. The lowest BCUT2D eigenvalue weighted by molar-refractivity contribution is -0.149. The van der Waals surface area contributed by atoms with E-state index in [2.05, 4.69) is 23.3 Å². The lowest BCUT2D eigenvalue weighted by Gasteiger charge is -2.44. The molecule has 0 aliphatic heterocycles. The van der Waals surface area contributed by atoms with Gasteiger partial charge in [-0.3, -0.25) is 9.59 Å². The van der Waals surface area contributed by atoms with Gasteiger partial charge in [0.2, 0.25) is 11.8 Å². The van der Waals surface area contributed by atoms with Gasteiger partial charge in [-0.1, -0.05) is 25.1 Å². The van der Waals surface area contributed by atoms with Crippen molar-refractivity contribution in [1.82, 2.24) is 15.5 Å². The minimum atomic E-state index is -0.968. The molecule has 34 heavy (non-hydrogen) atoms. The van der Waals surface area contributed by atoms with Gasteiger partial charge in [0.25, 0.3) is 0 Å². The van der Waals surface area contributed by atoms with Crippen molar-refractivity contribution >= 4 is 30.5 Å². The third-order valence-electron chi connectivity index (χ3n) is 5.71. The molecule has 7 nitrogen and oxygen atoms in total. The Morgan fingerprint density at radius 2 is 1.62 bits per heavy atom. The molecule has 3 amide bonds. The van der Waals surface area contributed by atoms with Crippen LogP contribution in [0.3, 0.4) is 0 Å². The predicted octanol–water partition coefficient (Wildman–Crippen LogP) is 4.71. The molecule has 0 radical (unpaired) electrons. The Bertz CT molecular complexity index is 877. The van der Waals surface area contributed by atoms with Crippen LogP contribution < -0.4 is 10.6 Å². The molecule has 1 aromatic carbocycles. The lowest BCUT2D eigenvalue weighted by Crippen LogP contribution is -2.60. The van der Waals surface area contributed by atoms with Crippen molar-refractivity contribution in [2.75, 3.05) is 5.75 Å². The van der Waals surface area contributed by atoms with Crippen molar-refractivity contribution < 1.29 is 19.1 Å². The summed E-state index contributed by atoms with van der Waals surface area (Å²) in [7, 11) is 0. The number of nitrogens with zero attached hydrogens (tertiary/aromatic N) is 1. The summed E-state index contributed by atoms with van der Waals surface area (Å²) in [4.78, 5) is 41.6. The summed E-state index contributed by atoms with van der Waals surface area (Å²) in [6.45, 7) is 18.8. The molecule has 2 N–H and O–H groups in total. The molecule has 8 heteroatoms. The molecule has 0 saturated heterocycles. The Labute approximate surface area is 210 Å². The van der Waals surface area contributed by atoms with Crippen molar-refractivity contribution in [3.05, 3.63) is 34.9 Å². The first-order chi connectivity index (χ1) is 15.5. The zero-order valence-corrected chi connectivity index (χ0v) is 23.3. The van der Waals surface area contributed by atoms with Crippen LogP contribution in [0.4, 0.5) is 4.79 Å². The third-order valence-corrected chi connectivity index (χ3v) is 6.08. The van der Waals surface area contributed by atoms with Crippen LogP contribution in [0.1, 0.15) is 84.5 Å². The number of aryl methyl sites for hydroxylation is 2. The zero-order chi connectivity index (χ0) is 26.4. The molecule has 1 rings (SSSR count). The van der Waals surface area contributed by atoms with Crippen LogP contribution in [0, 0.1) is 13.8 Å². The molecule has 0 aromatic heterocycles. The van der Waals surface area contributed by atoms with E-state index < -0.39 is 35.2 Å². The van der Waals surface area contributed by atoms with Gasteiger partial charge in [0, 0.05) is 17.3 Å². The zero-order valence-electron chi connectivity index (χ0n) is 22.4. The monoisotopic (exact) mass is 493 g/mol. The highest BCUT2D eigenvalue weighted by atomic mass is 32.1. The molecule has 0 saturated carbocycles. The van der Waals surface area contributed by atoms with Crippen molar-refractivity contribution in [1.29, 1.82) is 0 Å². The number of rotatable bonds is 9. The summed E-state index contributed by atoms with van der Waals surface area (Å²) in [5.41, 5.74) is 1.44. The highest BCUT2D eigenvalue weighted by Gasteiger charge is 2.43. The van der Waals surface area contributed by atoms with E-state index in [1.54, 1.807) is 25.7 Å². The Hall–Kier alpha value is -2.22. The number of carbonyl (C=O) groups excluding carboxylic acids is 3. The molecule has 2 unspecified atom stereocenters. The number of amides is 3. The second kappa shape index (κ2) is 12.0. The molecule has 0 aliphatic carbocycles. The molecule has 0 fully saturated rings. The van der Waals surface area contributed by atoms with E-state index in [1.807, 2.05) is 66.7 Å². The van der Waals surface area contributed by atoms with Crippen LogP contribution >= 0.6 is 12.6 Å². The Morgan fingerprint density at radius 3 is 2.06 bits per heavy atom. The van der Waals surface area contributed by atoms with Crippen LogP contribution in [-0.4, -0.2) is 51.8 Å². The number of alkyl carbamates (subject to hydrolysis) is 1. The maximum Gasteiger partial charge on any atom is 0.408 e. The minimum absolute atomic E-state index is 0.0554. The van der Waals surface area contributed by atoms with Crippen LogP contribution in [0.25, 0.3) is 0 Å². The van der Waals surface area contributed by atoms with E-state index in [0.717, 1.165) is 11.1 Å². The molecule has 0 bridgehead atoms. The third kappa shape index (κ3) is 8.22. The van der Waals surface area contributed by atoms with Crippen molar-refractivity contribution in [3.8, 4) is 0 Å². The molecule has 0 heterocycles. The summed E-state index contributed by atoms with van der Waals surface area (Å²) >= 11 is 4.34. The fourth-order valence-corrected chi connectivity index (χ4v) is 3.71. The van der Waals surface area contributed by atoms with Crippen molar-refractivity contribution in [2.24, 2.45) is 0 Å². The lowest BCUT2D eigenvalue weighted by atomic mass is 9.91. The Balaban J connectivity index is 3.58. The summed E-state index contributed by atoms with van der Waals surface area (Å²) < 4.78 is 5.35. The van der Waals surface area contributed by atoms with E-state index in [0.29, 0.717) is 12.0 Å². The summed E-state index contributed by atoms with van der Waals surface area (Å²) in [6.07, 6.45) is -0.107. The highest BCUT2D eigenvalue weighted by molar-refractivity contribution is 7.80. The molecular formula is C26H43N3O4S. The van der Waals surface area contributed by atoms with Crippen LogP contribution in [-0.2, 0) is 14.3 Å². The van der Waals surface area contributed by atoms with E-state index in [-0.39, 0.29) is 17.7 Å². The molecule has 0 spiro atoms. The Morgan fingerprint density at radius 1 is 1.03 bits per heavy atom. The number of benzene rings is 1. The van der Waals surface area contributed by atoms with Gasteiger partial charge >= 0.3 is 6.09 Å². The SMILES string of the molecule is CCC(C)(C)N(C(=O)C(CS)NC(=O)OC(C)(C)C)C(C(=O)NC(C)C)c1ccc(C)c(C)c1. The predicted molar refractivity (Wildman–Crippen MR) is 140 cm³/mol. The average Bonchev–Trinajstić information content (AvgIpc) is 2.69. The Kier molecular flexibility index (Phi) is 10.5. The normalized spacial score (nSPS) is 13.8. The van der Waals surface area contributed by atoms with E-state index in [9.17, 15) is 14.4 Å². The van der Waals surface area contributed by atoms with E-state index in [4.69, 9.17) is 4.74 Å². The number of hydrogen-bond donors (Lipinski definition) is 3. The average molecular weight is 494 g/mol. The standard InChI is InChI=1S/C26H43N3O4S/c1-11-26(9,10)29(23(31)20(15-34)28-24(32)33-25(6,7)8)21(22(30)27-16(2)3)19-13-12-17(4)18(5)14-19/h12-14,16,20-21,34H,11,15H2,1-10H3,(H,27,30)(H,28,32). The first-order valence-electron chi connectivity index (χ1n) is 11.8. The quantitative estimate of drug-likeness (QED) is 0.435. The van der Waals surface area contributed by atoms with Crippen LogP contribution in [0.15, 0.2) is 18.2 Å². The van der Waals surface area contributed by atoms with Gasteiger partial charge in [0.1, 0.15) is 17.7 Å². The second-order valence-electron chi connectivity index (χ2n) is 10.7. The van der Waals surface area contributed by atoms with Gasteiger partial charge in [-0.2, -0.15) is 12.6 Å². The molecule has 192 valence electrons. The van der Waals surface area contributed by atoms with Crippen molar-refractivity contribution in [2.45, 2.75) is 105 Å². The number of hydrogen-bond acceptors (Lipinski definition) is 5. The van der Waals surface area contributed by atoms with Gasteiger partial charge in [-0.05, 0) is 85.4 Å². The fourth-order valence-electron chi connectivity index (χ4n) is 3.46.